The maximum Gasteiger partial charge on any atom is 0.338 e. The molecule has 3 aliphatic heterocycles. The van der Waals surface area contributed by atoms with Crippen molar-refractivity contribution in [3.8, 4) is 0 Å². The van der Waals surface area contributed by atoms with Gasteiger partial charge in [-0.3, -0.25) is 10.1 Å². The number of nitro groups is 1. The Labute approximate surface area is 289 Å². The monoisotopic (exact) mass is 719 g/mol. The number of esters is 1. The Balaban J connectivity index is 1.16. The molecule has 49 heavy (non-hydrogen) atoms. The van der Waals surface area contributed by atoms with Crippen LogP contribution in [0.25, 0.3) is 0 Å². The Morgan fingerprint density at radius 1 is 0.918 bits per heavy atom. The quantitative estimate of drug-likeness (QED) is 0.136. The van der Waals surface area contributed by atoms with Gasteiger partial charge in [0, 0.05) is 17.4 Å². The minimum absolute atomic E-state index is 0.0140. The highest BCUT2D eigenvalue weighted by Gasteiger charge is 2.53. The maximum absolute atomic E-state index is 12.8. The molecule has 3 aromatic carbocycles. The number of carbonyl (C=O) groups excluding carboxylic acids is 1. The summed E-state index contributed by atoms with van der Waals surface area (Å²) in [7, 11) is 0. The zero-order valence-electron chi connectivity index (χ0n) is 25.7. The maximum atomic E-state index is 12.8. The lowest BCUT2D eigenvalue weighted by Crippen LogP contribution is -2.65. The van der Waals surface area contributed by atoms with Gasteiger partial charge < -0.3 is 48.8 Å². The first-order chi connectivity index (χ1) is 23.6. The van der Waals surface area contributed by atoms with E-state index in [1.54, 1.807) is 48.5 Å². The molecular weight excluding hydrogens is 686 g/mol. The van der Waals surface area contributed by atoms with E-state index in [2.05, 4.69) is 0 Å². The highest BCUT2D eigenvalue weighted by Crippen LogP contribution is 2.38. The summed E-state index contributed by atoms with van der Waals surface area (Å²) in [4.78, 5) is 23.5. The summed E-state index contributed by atoms with van der Waals surface area (Å²) >= 11 is 6.97. The Morgan fingerprint density at radius 3 is 2.35 bits per heavy atom. The molecule has 3 aromatic rings. The van der Waals surface area contributed by atoms with Crippen molar-refractivity contribution < 1.29 is 58.6 Å². The summed E-state index contributed by atoms with van der Waals surface area (Å²) in [6.45, 7) is -0.450. The van der Waals surface area contributed by atoms with Crippen LogP contribution in [0, 0.1) is 10.1 Å². The van der Waals surface area contributed by atoms with Crippen LogP contribution in [0.4, 0.5) is 5.69 Å². The molecule has 0 saturated carbocycles. The van der Waals surface area contributed by atoms with Gasteiger partial charge in [0.15, 0.2) is 12.6 Å². The van der Waals surface area contributed by atoms with Crippen molar-refractivity contribution in [2.45, 2.75) is 72.6 Å². The van der Waals surface area contributed by atoms with Gasteiger partial charge in [-0.2, -0.15) is 0 Å². The number of carbonyl (C=O) groups is 1. The van der Waals surface area contributed by atoms with E-state index in [0.717, 1.165) is 11.8 Å². The van der Waals surface area contributed by atoms with Crippen LogP contribution in [0.5, 0.6) is 0 Å². The molecule has 0 spiro atoms. The van der Waals surface area contributed by atoms with Crippen LogP contribution in [0.1, 0.15) is 27.8 Å². The number of benzene rings is 3. The third-order valence-electron chi connectivity index (χ3n) is 8.35. The van der Waals surface area contributed by atoms with Crippen molar-refractivity contribution in [1.29, 1.82) is 0 Å². The van der Waals surface area contributed by atoms with Crippen molar-refractivity contribution >= 4 is 35.0 Å². The molecule has 14 nitrogen and oxygen atoms in total. The summed E-state index contributed by atoms with van der Waals surface area (Å²) in [5.41, 5.74) is 0.0895. The highest BCUT2D eigenvalue weighted by molar-refractivity contribution is 7.99. The predicted octanol–water partition coefficient (Wildman–Crippen LogP) is 2.73. The summed E-state index contributed by atoms with van der Waals surface area (Å²) < 4.78 is 35.3. The van der Waals surface area contributed by atoms with Gasteiger partial charge in [-0.1, -0.05) is 66.2 Å². The lowest BCUT2D eigenvalue weighted by Gasteiger charge is -2.48. The fourth-order valence-electron chi connectivity index (χ4n) is 5.75. The molecule has 3 heterocycles. The standard InChI is InChI=1S/C33H34ClNO13S/c34-20-12-11-17(13-21(20)35(41)42)16-49-33-27(39)25(37)29(23(46-33)14-43-30(40)18-7-3-1-4-8-18)48-32-26(38)24(36)28-22(45-32)15-44-31(47-28)19-9-5-2-6-10-19/h1-13,22-29,31-33,36-39H,14-16H2/t22-,23-,24-,25-,26-,27-,28-,29-,31?,32-,33+/m1/s1. The number of aliphatic hydroxyl groups excluding tert-OH is 4. The second-order valence-corrected chi connectivity index (χ2v) is 13.1. The fourth-order valence-corrected chi connectivity index (χ4v) is 7.05. The minimum Gasteiger partial charge on any atom is -0.459 e. The number of nitro benzene ring substituents is 1. The molecule has 4 N–H and O–H groups in total. The number of aliphatic hydroxyl groups is 4. The summed E-state index contributed by atoms with van der Waals surface area (Å²) in [5.74, 6) is -0.559. The van der Waals surface area contributed by atoms with Crippen LogP contribution in [0.15, 0.2) is 78.9 Å². The third-order valence-corrected chi connectivity index (χ3v) is 9.88. The first-order valence-corrected chi connectivity index (χ1v) is 16.8. The van der Waals surface area contributed by atoms with Crippen LogP contribution >= 0.6 is 23.4 Å². The van der Waals surface area contributed by atoms with Crippen molar-refractivity contribution in [2.75, 3.05) is 13.2 Å². The van der Waals surface area contributed by atoms with E-state index in [9.17, 15) is 35.3 Å². The molecule has 0 radical (unpaired) electrons. The van der Waals surface area contributed by atoms with Gasteiger partial charge in [0.25, 0.3) is 5.69 Å². The molecule has 16 heteroatoms. The van der Waals surface area contributed by atoms with Crippen LogP contribution in [-0.2, 0) is 34.2 Å². The molecule has 3 fully saturated rings. The number of thioether (sulfide) groups is 1. The molecule has 0 aromatic heterocycles. The number of halogens is 1. The first-order valence-electron chi connectivity index (χ1n) is 15.4. The largest absolute Gasteiger partial charge is 0.459 e. The molecule has 262 valence electrons. The molecule has 1 unspecified atom stereocenters. The van der Waals surface area contributed by atoms with Crippen molar-refractivity contribution in [3.63, 3.8) is 0 Å². The molecule has 0 bridgehead atoms. The van der Waals surface area contributed by atoms with Gasteiger partial charge >= 0.3 is 5.97 Å². The van der Waals surface area contributed by atoms with Crippen LogP contribution in [0.3, 0.4) is 0 Å². The zero-order valence-corrected chi connectivity index (χ0v) is 27.2. The minimum atomic E-state index is -1.65. The Kier molecular flexibility index (Phi) is 11.5. The van der Waals surface area contributed by atoms with Crippen LogP contribution < -0.4 is 0 Å². The van der Waals surface area contributed by atoms with Gasteiger partial charge in [-0.05, 0) is 23.8 Å². The molecule has 0 amide bonds. The molecule has 3 saturated heterocycles. The number of ether oxygens (including phenoxy) is 6. The summed E-state index contributed by atoms with van der Waals surface area (Å²) in [5, 5.41) is 55.9. The predicted molar refractivity (Wildman–Crippen MR) is 172 cm³/mol. The van der Waals surface area contributed by atoms with E-state index in [1.807, 2.05) is 18.2 Å². The Bertz CT molecular complexity index is 1590. The summed E-state index contributed by atoms with van der Waals surface area (Å²) in [6, 6.07) is 21.5. The average Bonchev–Trinajstić information content (AvgIpc) is 3.12. The topological polar surface area (TPSA) is 197 Å². The number of hydrogen-bond acceptors (Lipinski definition) is 14. The van der Waals surface area contributed by atoms with Gasteiger partial charge in [-0.15, -0.1) is 11.8 Å². The average molecular weight is 720 g/mol. The fraction of sp³-hybridized carbons (Fsp3) is 0.424. The second-order valence-electron chi connectivity index (χ2n) is 11.6. The smallest absolute Gasteiger partial charge is 0.338 e. The van der Waals surface area contributed by atoms with E-state index < -0.39 is 84.3 Å². The molecular formula is C33H34ClNO13S. The Hall–Kier alpha value is -3.19. The van der Waals surface area contributed by atoms with Crippen molar-refractivity contribution in [2.24, 2.45) is 0 Å². The zero-order chi connectivity index (χ0) is 34.7. The van der Waals surface area contributed by atoms with E-state index in [0.29, 0.717) is 11.1 Å². The van der Waals surface area contributed by atoms with Crippen molar-refractivity contribution in [1.82, 2.24) is 0 Å². The number of nitrogens with zero attached hydrogens (tertiary/aromatic N) is 1. The number of hydrogen-bond donors (Lipinski definition) is 4. The highest BCUT2D eigenvalue weighted by atomic mass is 35.5. The van der Waals surface area contributed by atoms with E-state index >= 15 is 0 Å². The second kappa shape index (κ2) is 15.8. The van der Waals surface area contributed by atoms with Crippen LogP contribution in [-0.4, -0.2) is 105 Å². The first kappa shape index (κ1) is 35.6. The summed E-state index contributed by atoms with van der Waals surface area (Å²) in [6.07, 6.45) is -13.1. The number of rotatable bonds is 10. The number of fused-ring (bicyclic) bond motifs is 1. The Morgan fingerprint density at radius 2 is 1.63 bits per heavy atom. The van der Waals surface area contributed by atoms with Gasteiger partial charge in [0.05, 0.1) is 17.1 Å². The van der Waals surface area contributed by atoms with E-state index in [-0.39, 0.29) is 28.6 Å². The molecule has 6 rings (SSSR count). The van der Waals surface area contributed by atoms with E-state index in [1.165, 1.54) is 12.1 Å². The lowest BCUT2D eigenvalue weighted by molar-refractivity contribution is -0.384. The van der Waals surface area contributed by atoms with Gasteiger partial charge in [0.1, 0.15) is 65.9 Å². The molecule has 11 atom stereocenters. The van der Waals surface area contributed by atoms with Crippen molar-refractivity contribution in [3.05, 3.63) is 111 Å². The van der Waals surface area contributed by atoms with Gasteiger partial charge in [-0.25, -0.2) is 4.79 Å². The van der Waals surface area contributed by atoms with Gasteiger partial charge in [0.2, 0.25) is 0 Å². The molecule has 0 aliphatic carbocycles. The SMILES string of the molecule is O=C(OC[C@H]1O[C@@H](SCc2ccc(Cl)c([N+](=O)[O-])c2)[C@H](O)[C@@H](O)[C@@H]1O[C@H]1O[C@@H]2COC(c3ccccc3)O[C@H]2[C@H](O)[C@H]1O)c1ccccc1. The third kappa shape index (κ3) is 8.08. The molecule has 3 aliphatic rings. The van der Waals surface area contributed by atoms with E-state index in [4.69, 9.17) is 40.0 Å². The van der Waals surface area contributed by atoms with Crippen LogP contribution in [0.2, 0.25) is 5.02 Å². The normalized spacial score (nSPS) is 33.0. The lowest BCUT2D eigenvalue weighted by atomic mass is 9.96.